The number of aliphatic imine (C=N–C) groups is 1. The number of nitrogens with one attached hydrogen (secondary N) is 1. The number of nitrogens with zero attached hydrogens (tertiary/aromatic N) is 2. The van der Waals surface area contributed by atoms with E-state index in [9.17, 15) is 0 Å². The molecule has 1 aromatic carbocycles. The highest BCUT2D eigenvalue weighted by Gasteiger charge is 2.15. The van der Waals surface area contributed by atoms with E-state index in [1.165, 1.54) is 0 Å². The molecule has 1 N–H and O–H groups in total. The molecule has 0 atom stereocenters. The summed E-state index contributed by atoms with van der Waals surface area (Å²) in [4.78, 5) is 4.01. The zero-order valence-corrected chi connectivity index (χ0v) is 8.06. The first-order chi connectivity index (χ1) is 6.27. The summed E-state index contributed by atoms with van der Waals surface area (Å²) < 4.78 is 0. The third-order valence-corrected chi connectivity index (χ3v) is 2.09. The van der Waals surface area contributed by atoms with E-state index in [4.69, 9.17) is 23.8 Å². The number of hydrogen-bond acceptors (Lipinski definition) is 1. The summed E-state index contributed by atoms with van der Waals surface area (Å²) >= 11 is 10.7. The van der Waals surface area contributed by atoms with Crippen LogP contribution in [0.2, 0.25) is 5.02 Å². The first kappa shape index (κ1) is 8.47. The van der Waals surface area contributed by atoms with Crippen LogP contribution in [0.1, 0.15) is 5.56 Å². The molecule has 0 spiro atoms. The van der Waals surface area contributed by atoms with Crippen LogP contribution in [-0.2, 0) is 0 Å². The van der Waals surface area contributed by atoms with Crippen LogP contribution in [0.3, 0.4) is 0 Å². The Morgan fingerprint density at radius 1 is 1.31 bits per heavy atom. The first-order valence-corrected chi connectivity index (χ1v) is 4.40. The van der Waals surface area contributed by atoms with Gasteiger partial charge in [-0.3, -0.25) is 0 Å². The molecule has 5 heteroatoms. The van der Waals surface area contributed by atoms with Crippen LogP contribution >= 0.6 is 23.8 Å². The largest absolute Gasteiger partial charge is 0.250 e. The molecule has 65 valence electrons. The molecule has 1 aliphatic rings. The first-order valence-electron chi connectivity index (χ1n) is 3.61. The van der Waals surface area contributed by atoms with Gasteiger partial charge >= 0.3 is 0 Å². The van der Waals surface area contributed by atoms with Crippen LogP contribution in [-0.4, -0.2) is 10.9 Å². The number of halogens is 1. The van der Waals surface area contributed by atoms with Crippen LogP contribution in [0.15, 0.2) is 29.3 Å². The minimum atomic E-state index is 0.370. The maximum atomic E-state index is 5.94. The fourth-order valence-electron chi connectivity index (χ4n) is 1.01. The zero-order chi connectivity index (χ0) is 9.26. The van der Waals surface area contributed by atoms with Crippen LogP contribution in [0.25, 0.3) is 0 Å². The third-order valence-electron chi connectivity index (χ3n) is 1.58. The Balaban J connectivity index is 2.41. The number of amidine groups is 1. The molecule has 0 saturated carbocycles. The number of benzene rings is 1. The van der Waals surface area contributed by atoms with E-state index in [2.05, 4.69) is 15.8 Å². The lowest BCUT2D eigenvalue weighted by molar-refractivity contribution is 0.890. The molecular weight excluding hydrogens is 206 g/mol. The van der Waals surface area contributed by atoms with E-state index in [0.29, 0.717) is 16.0 Å². The Morgan fingerprint density at radius 2 is 2.08 bits per heavy atom. The predicted octanol–water partition coefficient (Wildman–Crippen LogP) is 1.49. The summed E-state index contributed by atoms with van der Waals surface area (Å²) in [5, 5.41) is 0.992. The van der Waals surface area contributed by atoms with Crippen LogP contribution in [0.5, 0.6) is 0 Å². The molecule has 1 aliphatic heterocycles. The van der Waals surface area contributed by atoms with Crippen molar-refractivity contribution in [1.29, 1.82) is 0 Å². The summed E-state index contributed by atoms with van der Waals surface area (Å²) in [6.07, 6.45) is 0. The molecule has 0 bridgehead atoms. The smallest absolute Gasteiger partial charge is 0.215 e. The molecular formula is C8H5ClN3S. The summed E-state index contributed by atoms with van der Waals surface area (Å²) in [6, 6.07) is 7.37. The molecule has 0 fully saturated rings. The summed E-state index contributed by atoms with van der Waals surface area (Å²) in [6.45, 7) is 0. The number of thiocarbonyl (C=S) groups is 1. The van der Waals surface area contributed by atoms with Crippen molar-refractivity contribution in [3.05, 3.63) is 34.9 Å². The number of rotatable bonds is 1. The molecule has 1 radical (unpaired) electrons. The van der Waals surface area contributed by atoms with Crippen molar-refractivity contribution < 1.29 is 0 Å². The van der Waals surface area contributed by atoms with E-state index >= 15 is 0 Å². The quantitative estimate of drug-likeness (QED) is 0.714. The Morgan fingerprint density at radius 3 is 2.69 bits per heavy atom. The highest BCUT2D eigenvalue weighted by molar-refractivity contribution is 7.80. The van der Waals surface area contributed by atoms with E-state index < -0.39 is 0 Å². The standard InChI is InChI=1S/C8H5ClN3S/c9-6-4-2-1-3-5(6)7-10-8(13)12-11-7/h1-4H,(H,12,13). The highest BCUT2D eigenvalue weighted by Crippen LogP contribution is 2.16. The van der Waals surface area contributed by atoms with Crippen molar-refractivity contribution in [3.8, 4) is 0 Å². The van der Waals surface area contributed by atoms with Gasteiger partial charge in [0.05, 0.1) is 5.02 Å². The second-order valence-electron chi connectivity index (χ2n) is 2.44. The van der Waals surface area contributed by atoms with Gasteiger partial charge in [-0.05, 0) is 24.4 Å². The van der Waals surface area contributed by atoms with Crippen molar-refractivity contribution in [2.24, 2.45) is 4.99 Å². The van der Waals surface area contributed by atoms with Crippen molar-refractivity contribution in [2.45, 2.75) is 0 Å². The van der Waals surface area contributed by atoms with Gasteiger partial charge in [-0.2, -0.15) is 10.4 Å². The van der Waals surface area contributed by atoms with Gasteiger partial charge in [-0.1, -0.05) is 23.7 Å². The van der Waals surface area contributed by atoms with Crippen molar-refractivity contribution in [1.82, 2.24) is 10.9 Å². The predicted molar refractivity (Wildman–Crippen MR) is 55.9 cm³/mol. The molecule has 0 saturated heterocycles. The molecule has 0 unspecified atom stereocenters. The van der Waals surface area contributed by atoms with Gasteiger partial charge in [0.15, 0.2) is 5.84 Å². The van der Waals surface area contributed by atoms with Gasteiger partial charge in [0.1, 0.15) is 0 Å². The van der Waals surface area contributed by atoms with Gasteiger partial charge in [0.2, 0.25) is 5.11 Å². The topological polar surface area (TPSA) is 38.5 Å². The Kier molecular flexibility index (Phi) is 2.16. The Labute approximate surface area is 85.8 Å². The van der Waals surface area contributed by atoms with Gasteiger partial charge in [-0.25, -0.2) is 5.43 Å². The molecule has 3 nitrogen and oxygen atoms in total. The van der Waals surface area contributed by atoms with Crippen molar-refractivity contribution in [3.63, 3.8) is 0 Å². The van der Waals surface area contributed by atoms with Crippen molar-refractivity contribution >= 4 is 34.8 Å². The highest BCUT2D eigenvalue weighted by atomic mass is 35.5. The van der Waals surface area contributed by atoms with Gasteiger partial charge in [0.25, 0.3) is 0 Å². The van der Waals surface area contributed by atoms with E-state index in [1.54, 1.807) is 6.07 Å². The third kappa shape index (κ3) is 1.64. The zero-order valence-electron chi connectivity index (χ0n) is 6.49. The molecule has 0 aliphatic carbocycles. The van der Waals surface area contributed by atoms with Gasteiger partial charge in [-0.15, -0.1) is 0 Å². The second-order valence-corrected chi connectivity index (χ2v) is 3.24. The fourth-order valence-corrected chi connectivity index (χ4v) is 1.36. The summed E-state index contributed by atoms with van der Waals surface area (Å²) in [7, 11) is 0. The average molecular weight is 211 g/mol. The lowest BCUT2D eigenvalue weighted by atomic mass is 10.2. The maximum Gasteiger partial charge on any atom is 0.215 e. The molecule has 0 amide bonds. The maximum absolute atomic E-state index is 5.94. The summed E-state index contributed by atoms with van der Waals surface area (Å²) in [5.74, 6) is 0.538. The lowest BCUT2D eigenvalue weighted by Crippen LogP contribution is -2.24. The Bertz CT molecular complexity index is 389. The minimum Gasteiger partial charge on any atom is -0.250 e. The van der Waals surface area contributed by atoms with E-state index in [-0.39, 0.29) is 0 Å². The molecule has 1 aromatic rings. The van der Waals surface area contributed by atoms with Gasteiger partial charge < -0.3 is 0 Å². The summed E-state index contributed by atoms with van der Waals surface area (Å²) in [5.41, 5.74) is 7.30. The monoisotopic (exact) mass is 210 g/mol. The fraction of sp³-hybridized carbons (Fsp3) is 0. The lowest BCUT2D eigenvalue weighted by Gasteiger charge is -2.00. The van der Waals surface area contributed by atoms with Crippen molar-refractivity contribution in [2.75, 3.05) is 0 Å². The van der Waals surface area contributed by atoms with Crippen LogP contribution in [0, 0.1) is 0 Å². The minimum absolute atomic E-state index is 0.370. The van der Waals surface area contributed by atoms with Crippen LogP contribution < -0.4 is 10.9 Å². The average Bonchev–Trinajstić information content (AvgIpc) is 2.53. The normalized spacial score (nSPS) is 14.8. The van der Waals surface area contributed by atoms with Gasteiger partial charge in [0, 0.05) is 5.56 Å². The second kappa shape index (κ2) is 3.32. The molecule has 13 heavy (non-hydrogen) atoms. The van der Waals surface area contributed by atoms with E-state index in [1.807, 2.05) is 18.2 Å². The number of hydrogen-bond donors (Lipinski definition) is 1. The van der Waals surface area contributed by atoms with E-state index in [0.717, 1.165) is 5.56 Å². The van der Waals surface area contributed by atoms with Crippen LogP contribution in [0.4, 0.5) is 0 Å². The SMILES string of the molecule is S=C1N=C(c2ccccc2Cl)[N]N1. The Hall–Kier alpha value is -1.13. The molecule has 0 aromatic heterocycles. The molecule has 2 rings (SSSR count). The molecule has 1 heterocycles.